The first kappa shape index (κ1) is 62.8. The molecule has 2 saturated heterocycles. The maximum atomic E-state index is 13.2. The van der Waals surface area contributed by atoms with Crippen LogP contribution in [0.5, 0.6) is 0 Å². The van der Waals surface area contributed by atoms with E-state index in [1.54, 1.807) is 6.08 Å². The van der Waals surface area contributed by atoms with Gasteiger partial charge >= 0.3 is 0 Å². The van der Waals surface area contributed by atoms with Crippen LogP contribution in [-0.4, -0.2) is 140 Å². The molecule has 0 radical (unpaired) electrons. The standard InChI is InChI=1S/C55H97NO13/c1-3-5-7-9-11-13-15-17-18-19-20-21-22-23-24-25-26-27-29-31-33-35-37-39-47(60)56-43(44(59)38-36-34-32-30-28-16-14-12-10-8-6-4-2)42-66-54-52(65)50(63)53(46(41-58)68-54)69-55-51(64)49(62)48(61)45(40-57)67-55/h10,12,15,17,19-20,28,30,36,38,43-46,48-55,57-59,61-65H,3-9,11,13-14,16,18,21-27,29,31-35,37,39-42H2,1-2H3,(H,56,60)/b12-10+,17-15-,20-19-,30-28+,38-36+. The zero-order chi connectivity index (χ0) is 50.3. The van der Waals surface area contributed by atoms with Crippen molar-refractivity contribution in [3.63, 3.8) is 0 Å². The lowest BCUT2D eigenvalue weighted by Crippen LogP contribution is -2.65. The topological polar surface area (TPSA) is 228 Å². The molecule has 14 heteroatoms. The van der Waals surface area contributed by atoms with E-state index in [0.717, 1.165) is 51.4 Å². The van der Waals surface area contributed by atoms with E-state index < -0.39 is 86.8 Å². The third-order valence-electron chi connectivity index (χ3n) is 12.9. The first-order valence-corrected chi connectivity index (χ1v) is 27.0. The van der Waals surface area contributed by atoms with E-state index in [1.165, 1.54) is 103 Å². The van der Waals surface area contributed by atoms with Gasteiger partial charge in [-0.25, -0.2) is 0 Å². The second-order valence-corrected chi connectivity index (χ2v) is 19.0. The average molecular weight is 980 g/mol. The highest BCUT2D eigenvalue weighted by Gasteiger charge is 2.51. The van der Waals surface area contributed by atoms with Crippen molar-refractivity contribution < 1.29 is 64.6 Å². The number of carbonyl (C=O) groups is 1. The number of rotatable bonds is 41. The molecular weight excluding hydrogens is 883 g/mol. The summed E-state index contributed by atoms with van der Waals surface area (Å²) in [5.41, 5.74) is 0. The zero-order valence-electron chi connectivity index (χ0n) is 42.5. The van der Waals surface area contributed by atoms with Gasteiger partial charge in [0.15, 0.2) is 12.6 Å². The maximum Gasteiger partial charge on any atom is 0.220 e. The van der Waals surface area contributed by atoms with Crippen molar-refractivity contribution in [2.45, 2.75) is 261 Å². The quantitative estimate of drug-likeness (QED) is 0.0211. The Morgan fingerprint density at radius 1 is 0.522 bits per heavy atom. The molecular formula is C55H97NO13. The van der Waals surface area contributed by atoms with Crippen LogP contribution in [0.1, 0.15) is 187 Å². The molecule has 9 N–H and O–H groups in total. The van der Waals surface area contributed by atoms with Crippen molar-refractivity contribution in [3.05, 3.63) is 60.8 Å². The zero-order valence-corrected chi connectivity index (χ0v) is 42.5. The number of amides is 1. The van der Waals surface area contributed by atoms with Gasteiger partial charge in [0.05, 0.1) is 32.0 Å². The largest absolute Gasteiger partial charge is 0.394 e. The molecule has 1 amide bonds. The molecule has 0 aromatic heterocycles. The minimum atomic E-state index is -1.79. The second kappa shape index (κ2) is 41.2. The summed E-state index contributed by atoms with van der Waals surface area (Å²) in [5, 5.41) is 86.7. The summed E-state index contributed by atoms with van der Waals surface area (Å²) in [7, 11) is 0. The van der Waals surface area contributed by atoms with Crippen LogP contribution in [-0.2, 0) is 23.7 Å². The predicted molar refractivity (Wildman–Crippen MR) is 272 cm³/mol. The van der Waals surface area contributed by atoms with Gasteiger partial charge in [-0.15, -0.1) is 0 Å². The van der Waals surface area contributed by atoms with E-state index in [9.17, 15) is 45.6 Å². The van der Waals surface area contributed by atoms with Crippen LogP contribution in [0.4, 0.5) is 0 Å². The van der Waals surface area contributed by atoms with Gasteiger partial charge in [0.2, 0.25) is 5.91 Å². The molecule has 0 saturated carbocycles. The SMILES string of the molecule is CCCC/C=C/CC/C=C/CC/C=C/C(O)C(COC1OC(CO)C(OC2OC(CO)C(O)C(O)C2O)C(O)C1O)NC(=O)CCCCCCCCCCCCC/C=C\C/C=C\CCCCCCC. The molecule has 0 aliphatic carbocycles. The number of ether oxygens (including phenoxy) is 4. The van der Waals surface area contributed by atoms with Crippen LogP contribution < -0.4 is 5.32 Å². The minimum absolute atomic E-state index is 0.259. The summed E-state index contributed by atoms with van der Waals surface area (Å²) >= 11 is 0. The smallest absolute Gasteiger partial charge is 0.220 e. The van der Waals surface area contributed by atoms with Crippen LogP contribution in [0.15, 0.2) is 60.8 Å². The summed E-state index contributed by atoms with van der Waals surface area (Å²) in [6.45, 7) is 2.69. The summed E-state index contributed by atoms with van der Waals surface area (Å²) in [5.74, 6) is -0.259. The monoisotopic (exact) mass is 980 g/mol. The molecule has 12 atom stereocenters. The summed E-state index contributed by atoms with van der Waals surface area (Å²) < 4.78 is 22.7. The average Bonchev–Trinajstić information content (AvgIpc) is 3.35. The van der Waals surface area contributed by atoms with E-state index in [2.05, 4.69) is 67.8 Å². The van der Waals surface area contributed by atoms with Crippen molar-refractivity contribution in [1.82, 2.24) is 5.32 Å². The van der Waals surface area contributed by atoms with E-state index in [0.29, 0.717) is 12.8 Å². The summed E-state index contributed by atoms with van der Waals surface area (Å²) in [6, 6.07) is -0.939. The van der Waals surface area contributed by atoms with Gasteiger partial charge < -0.3 is 65.1 Å². The molecule has 0 aromatic rings. The van der Waals surface area contributed by atoms with Gasteiger partial charge in [-0.1, -0.05) is 171 Å². The number of hydrogen-bond donors (Lipinski definition) is 9. The molecule has 2 aliphatic rings. The van der Waals surface area contributed by atoms with Crippen molar-refractivity contribution in [2.24, 2.45) is 0 Å². The van der Waals surface area contributed by atoms with E-state index in [1.807, 2.05) is 6.08 Å². The molecule has 0 spiro atoms. The molecule has 2 heterocycles. The fourth-order valence-electron chi connectivity index (χ4n) is 8.46. The Morgan fingerprint density at radius 3 is 1.55 bits per heavy atom. The van der Waals surface area contributed by atoms with Crippen LogP contribution in [0.3, 0.4) is 0 Å². The Bertz CT molecular complexity index is 1390. The number of aliphatic hydroxyl groups excluding tert-OH is 8. The minimum Gasteiger partial charge on any atom is -0.394 e. The van der Waals surface area contributed by atoms with E-state index in [4.69, 9.17) is 18.9 Å². The number of hydrogen-bond acceptors (Lipinski definition) is 13. The Hall–Kier alpha value is -2.31. The summed E-state index contributed by atoms with van der Waals surface area (Å²) in [6.07, 6.45) is 34.1. The maximum absolute atomic E-state index is 13.2. The molecule has 69 heavy (non-hydrogen) atoms. The highest BCUT2D eigenvalue weighted by atomic mass is 16.7. The molecule has 14 nitrogen and oxygen atoms in total. The lowest BCUT2D eigenvalue weighted by atomic mass is 9.97. The number of carbonyl (C=O) groups excluding carboxylic acids is 1. The molecule has 0 bridgehead atoms. The van der Waals surface area contributed by atoms with Crippen LogP contribution in [0.25, 0.3) is 0 Å². The molecule has 12 unspecified atom stereocenters. The number of nitrogens with one attached hydrogen (secondary N) is 1. The number of allylic oxidation sites excluding steroid dienone is 9. The fraction of sp³-hybridized carbons (Fsp3) is 0.800. The highest BCUT2D eigenvalue weighted by Crippen LogP contribution is 2.30. The van der Waals surface area contributed by atoms with Gasteiger partial charge in [0.25, 0.3) is 0 Å². The van der Waals surface area contributed by atoms with Crippen LogP contribution in [0, 0.1) is 0 Å². The van der Waals surface area contributed by atoms with Gasteiger partial charge in [-0.3, -0.25) is 4.79 Å². The highest BCUT2D eigenvalue weighted by molar-refractivity contribution is 5.76. The van der Waals surface area contributed by atoms with E-state index in [-0.39, 0.29) is 18.9 Å². The fourth-order valence-corrected chi connectivity index (χ4v) is 8.46. The third kappa shape index (κ3) is 27.9. The molecule has 0 aromatic carbocycles. The Balaban J connectivity index is 1.78. The number of aliphatic hydroxyl groups is 8. The van der Waals surface area contributed by atoms with E-state index >= 15 is 0 Å². The molecule has 400 valence electrons. The Kier molecular flexibility index (Phi) is 37.5. The molecule has 2 rings (SSSR count). The van der Waals surface area contributed by atoms with Gasteiger partial charge in [0, 0.05) is 6.42 Å². The third-order valence-corrected chi connectivity index (χ3v) is 12.9. The number of unbranched alkanes of at least 4 members (excludes halogenated alkanes) is 20. The van der Waals surface area contributed by atoms with Gasteiger partial charge in [-0.05, 0) is 70.6 Å². The van der Waals surface area contributed by atoms with Crippen LogP contribution >= 0.6 is 0 Å². The normalized spacial score (nSPS) is 26.6. The second-order valence-electron chi connectivity index (χ2n) is 19.0. The lowest BCUT2D eigenvalue weighted by Gasteiger charge is -2.46. The van der Waals surface area contributed by atoms with Crippen molar-refractivity contribution in [2.75, 3.05) is 19.8 Å². The Labute approximate surface area is 416 Å². The first-order valence-electron chi connectivity index (χ1n) is 27.0. The Morgan fingerprint density at radius 2 is 0.986 bits per heavy atom. The lowest BCUT2D eigenvalue weighted by molar-refractivity contribution is -0.359. The van der Waals surface area contributed by atoms with Crippen molar-refractivity contribution in [1.29, 1.82) is 0 Å². The molecule has 2 aliphatic heterocycles. The van der Waals surface area contributed by atoms with Crippen LogP contribution in [0.2, 0.25) is 0 Å². The molecule has 2 fully saturated rings. The van der Waals surface area contributed by atoms with Gasteiger partial charge in [-0.2, -0.15) is 0 Å². The predicted octanol–water partition coefficient (Wildman–Crippen LogP) is 7.83. The van der Waals surface area contributed by atoms with Crippen molar-refractivity contribution >= 4 is 5.91 Å². The van der Waals surface area contributed by atoms with Crippen molar-refractivity contribution in [3.8, 4) is 0 Å². The first-order chi connectivity index (χ1) is 33.6. The van der Waals surface area contributed by atoms with Gasteiger partial charge in [0.1, 0.15) is 48.8 Å². The summed E-state index contributed by atoms with van der Waals surface area (Å²) in [4.78, 5) is 13.2.